The normalized spacial score (nSPS) is 30.5. The van der Waals surface area contributed by atoms with E-state index < -0.39 is 30.6 Å². The van der Waals surface area contributed by atoms with Gasteiger partial charge < -0.3 is 51.4 Å². The van der Waals surface area contributed by atoms with Crippen molar-refractivity contribution < 1.29 is 34.6 Å². The zero-order chi connectivity index (χ0) is 29.4. The molecular weight excluding hydrogens is 502 g/mol. The number of nitrogen functional groups attached to an aromatic ring is 1. The molecule has 0 spiro atoms. The van der Waals surface area contributed by atoms with E-state index in [1.807, 2.05) is 26.8 Å². The highest BCUT2D eigenvalue weighted by molar-refractivity contribution is 5.74. The molecule has 2 rings (SSSR count). The van der Waals surface area contributed by atoms with E-state index in [9.17, 15) is 20.4 Å². The standard InChI is InChI=1S/C29H45N3O7/c1-15-11-20-25(31)22(33)14-21(27(20)35)32-29(36)16(2)9-8-10-23(37-6)28(39-19(5)30)18(4)13-17(3)26(34)24(12-15)38-7/h8-10,13-15,17,23-24,26,28-29,32-36H,5,11-12,30-31H2,1-4,6-7H3/b10-8?,16-9?,18-13+/t15-,17+,23+,24+,26-,28?,29?/m1/s1. The second-order valence-corrected chi connectivity index (χ2v) is 10.3. The number of benzene rings is 1. The quantitative estimate of drug-likeness (QED) is 0.0975. The molecule has 0 amide bonds. The van der Waals surface area contributed by atoms with Gasteiger partial charge in [-0.15, -0.1) is 0 Å². The fourth-order valence-corrected chi connectivity index (χ4v) is 4.75. The summed E-state index contributed by atoms with van der Waals surface area (Å²) in [4.78, 5) is 0. The first-order valence-corrected chi connectivity index (χ1v) is 13.0. The van der Waals surface area contributed by atoms with Gasteiger partial charge in [-0.3, -0.25) is 0 Å². The lowest BCUT2D eigenvalue weighted by Crippen LogP contribution is -2.36. The fraction of sp³-hybridized carbons (Fsp3) is 0.517. The molecule has 2 bridgehead atoms. The number of hydrogen-bond donors (Lipinski definition) is 7. The van der Waals surface area contributed by atoms with Crippen LogP contribution in [-0.2, 0) is 20.6 Å². The summed E-state index contributed by atoms with van der Waals surface area (Å²) in [5.41, 5.74) is 13.7. The van der Waals surface area contributed by atoms with Crippen LogP contribution < -0.4 is 16.8 Å². The van der Waals surface area contributed by atoms with E-state index in [-0.39, 0.29) is 40.6 Å². The maximum Gasteiger partial charge on any atom is 0.177 e. The zero-order valence-electron chi connectivity index (χ0n) is 23.7. The van der Waals surface area contributed by atoms with Gasteiger partial charge in [0.05, 0.1) is 23.6 Å². The maximum absolute atomic E-state index is 11.2. The highest BCUT2D eigenvalue weighted by Crippen LogP contribution is 2.41. The monoisotopic (exact) mass is 547 g/mol. The molecule has 10 heteroatoms. The number of methoxy groups -OCH3 is 2. The van der Waals surface area contributed by atoms with Crippen molar-refractivity contribution in [3.8, 4) is 11.5 Å². The first kappa shape index (κ1) is 32.0. The van der Waals surface area contributed by atoms with Crippen molar-refractivity contribution in [3.63, 3.8) is 0 Å². The minimum Gasteiger partial charge on any atom is -0.506 e. The number of rotatable bonds is 4. The number of phenolic OH excluding ortho intramolecular Hbond substituents is 2. The molecule has 2 unspecified atom stereocenters. The van der Waals surface area contributed by atoms with Gasteiger partial charge in [-0.05, 0) is 50.3 Å². The molecule has 218 valence electrons. The second kappa shape index (κ2) is 14.3. The van der Waals surface area contributed by atoms with Crippen LogP contribution in [0.3, 0.4) is 0 Å². The van der Waals surface area contributed by atoms with Gasteiger partial charge in [0.15, 0.2) is 12.0 Å². The van der Waals surface area contributed by atoms with Crippen LogP contribution in [-0.4, -0.2) is 65.3 Å². The smallest absolute Gasteiger partial charge is 0.177 e. The van der Waals surface area contributed by atoms with Crippen molar-refractivity contribution in [2.24, 2.45) is 17.6 Å². The van der Waals surface area contributed by atoms with Crippen LogP contribution in [0.1, 0.15) is 39.7 Å². The number of anilines is 2. The lowest BCUT2D eigenvalue weighted by molar-refractivity contribution is -0.0400. The summed E-state index contributed by atoms with van der Waals surface area (Å²) >= 11 is 0. The number of nitrogens with one attached hydrogen (secondary N) is 1. The predicted molar refractivity (Wildman–Crippen MR) is 153 cm³/mol. The van der Waals surface area contributed by atoms with Crippen LogP contribution in [0.5, 0.6) is 11.5 Å². The van der Waals surface area contributed by atoms with Gasteiger partial charge in [-0.25, -0.2) is 0 Å². The predicted octanol–water partition coefficient (Wildman–Crippen LogP) is 3.28. The average Bonchev–Trinajstić information content (AvgIpc) is 2.88. The van der Waals surface area contributed by atoms with E-state index >= 15 is 0 Å². The van der Waals surface area contributed by atoms with E-state index in [4.69, 9.17) is 25.7 Å². The van der Waals surface area contributed by atoms with E-state index in [1.54, 1.807) is 25.2 Å². The third-order valence-electron chi connectivity index (χ3n) is 7.04. The first-order chi connectivity index (χ1) is 18.3. The average molecular weight is 548 g/mol. The SMILES string of the molecule is C=C(N)OC1/C(C)=C/[C@H](C)[C@@H](O)[C@@H](OC)C[C@H](C)Cc2c(N)c(O)cc(c2O)NC(O)C(C)=CC=C[C@@H]1OC. The lowest BCUT2D eigenvalue weighted by Gasteiger charge is -2.30. The summed E-state index contributed by atoms with van der Waals surface area (Å²) in [7, 11) is 3.07. The molecule has 0 radical (unpaired) electrons. The Kier molecular flexibility index (Phi) is 11.7. The number of nitrogens with two attached hydrogens (primary N) is 2. The van der Waals surface area contributed by atoms with Gasteiger partial charge in [0, 0.05) is 31.8 Å². The summed E-state index contributed by atoms with van der Waals surface area (Å²) in [5.74, 6) is -0.786. The number of ether oxygens (including phenoxy) is 3. The Morgan fingerprint density at radius 2 is 1.77 bits per heavy atom. The molecule has 0 fully saturated rings. The minimum atomic E-state index is -1.18. The van der Waals surface area contributed by atoms with Gasteiger partial charge in [0.1, 0.15) is 23.8 Å². The van der Waals surface area contributed by atoms with Gasteiger partial charge in [-0.1, -0.05) is 38.2 Å². The first-order valence-electron chi connectivity index (χ1n) is 13.0. The minimum absolute atomic E-state index is 0.0221. The largest absolute Gasteiger partial charge is 0.506 e. The summed E-state index contributed by atoms with van der Waals surface area (Å²) in [6.45, 7) is 11.0. The summed E-state index contributed by atoms with van der Waals surface area (Å²) in [6.07, 6.45) is 4.01. The molecular formula is C29H45N3O7. The van der Waals surface area contributed by atoms with Crippen molar-refractivity contribution in [2.45, 2.75) is 71.2 Å². The maximum atomic E-state index is 11.2. The molecule has 0 saturated heterocycles. The lowest BCUT2D eigenvalue weighted by atomic mass is 9.87. The molecule has 1 aromatic carbocycles. The van der Waals surface area contributed by atoms with Crippen LogP contribution in [0.25, 0.3) is 0 Å². The van der Waals surface area contributed by atoms with Crippen LogP contribution in [0.15, 0.2) is 54.0 Å². The third kappa shape index (κ3) is 8.40. The van der Waals surface area contributed by atoms with Crippen LogP contribution in [0, 0.1) is 11.8 Å². The van der Waals surface area contributed by atoms with Crippen molar-refractivity contribution in [1.29, 1.82) is 0 Å². The second-order valence-electron chi connectivity index (χ2n) is 10.3. The van der Waals surface area contributed by atoms with Crippen LogP contribution in [0.4, 0.5) is 11.4 Å². The van der Waals surface area contributed by atoms with Crippen molar-refractivity contribution in [3.05, 3.63) is 59.5 Å². The van der Waals surface area contributed by atoms with E-state index in [0.29, 0.717) is 24.0 Å². The van der Waals surface area contributed by atoms with Gasteiger partial charge in [-0.2, -0.15) is 0 Å². The third-order valence-corrected chi connectivity index (χ3v) is 7.04. The zero-order valence-corrected chi connectivity index (χ0v) is 23.7. The molecule has 1 aliphatic heterocycles. The van der Waals surface area contributed by atoms with Gasteiger partial charge in [0.2, 0.25) is 0 Å². The summed E-state index contributed by atoms with van der Waals surface area (Å²) in [5, 5.41) is 46.2. The molecule has 0 aliphatic carbocycles. The Balaban J connectivity index is 2.61. The molecule has 0 saturated carbocycles. The van der Waals surface area contributed by atoms with Crippen LogP contribution >= 0.6 is 0 Å². The van der Waals surface area contributed by atoms with Gasteiger partial charge in [0.25, 0.3) is 0 Å². The fourth-order valence-electron chi connectivity index (χ4n) is 4.75. The van der Waals surface area contributed by atoms with Crippen molar-refractivity contribution in [2.75, 3.05) is 25.3 Å². The molecule has 9 N–H and O–H groups in total. The van der Waals surface area contributed by atoms with E-state index in [0.717, 1.165) is 5.57 Å². The molecule has 7 atom stereocenters. The number of aliphatic hydroxyl groups excluding tert-OH is 2. The number of hydrogen-bond acceptors (Lipinski definition) is 10. The summed E-state index contributed by atoms with van der Waals surface area (Å²) < 4.78 is 17.1. The van der Waals surface area contributed by atoms with Crippen LogP contribution in [0.2, 0.25) is 0 Å². The molecule has 10 nitrogen and oxygen atoms in total. The van der Waals surface area contributed by atoms with Gasteiger partial charge >= 0.3 is 0 Å². The number of aliphatic hydroxyl groups is 2. The summed E-state index contributed by atoms with van der Waals surface area (Å²) in [6, 6.07) is 1.27. The Bertz CT molecular complexity index is 1090. The Morgan fingerprint density at radius 3 is 2.36 bits per heavy atom. The molecule has 1 aromatic rings. The Labute approximate surface area is 231 Å². The Morgan fingerprint density at radius 1 is 1.10 bits per heavy atom. The highest BCUT2D eigenvalue weighted by Gasteiger charge is 2.29. The molecule has 39 heavy (non-hydrogen) atoms. The van der Waals surface area contributed by atoms with E-state index in [1.165, 1.54) is 20.3 Å². The van der Waals surface area contributed by atoms with Crippen molar-refractivity contribution >= 4 is 11.4 Å². The molecule has 0 aromatic heterocycles. The van der Waals surface area contributed by atoms with Crippen molar-refractivity contribution in [1.82, 2.24) is 0 Å². The number of aromatic hydroxyl groups is 2. The number of phenols is 2. The molecule has 1 aliphatic rings. The molecule has 1 heterocycles. The topological polar surface area (TPSA) is 173 Å². The number of fused-ring (bicyclic) bond motifs is 2. The highest BCUT2D eigenvalue weighted by atomic mass is 16.5. The van der Waals surface area contributed by atoms with E-state index in [2.05, 4.69) is 11.9 Å². The number of allylic oxidation sites excluding steroid dienone is 2. The Hall–Kier alpha value is -3.18.